The van der Waals surface area contributed by atoms with Crippen molar-refractivity contribution in [3.8, 4) is 0 Å². The summed E-state index contributed by atoms with van der Waals surface area (Å²) in [5.41, 5.74) is 1.48. The van der Waals surface area contributed by atoms with Gasteiger partial charge in [-0.05, 0) is 60.7 Å². The Morgan fingerprint density at radius 1 is 0.921 bits per heavy atom. The molecule has 3 aromatic carbocycles. The molecular formula is C25H25Cl2N3O6S2. The Bertz CT molecular complexity index is 1500. The second-order valence-electron chi connectivity index (χ2n) is 8.51. The van der Waals surface area contributed by atoms with Crippen LogP contribution in [-0.2, 0) is 31.3 Å². The van der Waals surface area contributed by atoms with E-state index in [1.54, 1.807) is 18.2 Å². The van der Waals surface area contributed by atoms with Crippen molar-refractivity contribution in [3.63, 3.8) is 0 Å². The summed E-state index contributed by atoms with van der Waals surface area (Å²) in [6.45, 7) is 1.20. The number of sulfonamides is 2. The van der Waals surface area contributed by atoms with Gasteiger partial charge in [0.15, 0.2) is 0 Å². The Morgan fingerprint density at radius 2 is 1.50 bits per heavy atom. The molecular weight excluding hydrogens is 573 g/mol. The van der Waals surface area contributed by atoms with E-state index in [4.69, 9.17) is 27.9 Å². The highest BCUT2D eigenvalue weighted by atomic mass is 35.5. The molecule has 0 aliphatic carbocycles. The first kappa shape index (κ1) is 28.3. The van der Waals surface area contributed by atoms with E-state index in [-0.39, 0.29) is 17.0 Å². The van der Waals surface area contributed by atoms with Gasteiger partial charge in [-0.15, -0.1) is 0 Å². The SMILES string of the molecule is CS(=O)(=O)N(Cc1c(Cl)cccc1Cl)c1ccc(C(=O)Nc2ccc(S(=O)(=O)N3CCOCC3)cc2)cc1. The molecule has 1 heterocycles. The molecule has 1 N–H and O–H groups in total. The number of anilines is 2. The third kappa shape index (κ3) is 6.48. The van der Waals surface area contributed by atoms with E-state index in [1.807, 2.05) is 0 Å². The molecule has 3 aromatic rings. The van der Waals surface area contributed by atoms with E-state index in [2.05, 4.69) is 5.32 Å². The third-order valence-corrected chi connectivity index (χ3v) is 9.66. The van der Waals surface area contributed by atoms with Crippen molar-refractivity contribution in [3.05, 3.63) is 87.9 Å². The zero-order chi connectivity index (χ0) is 27.5. The van der Waals surface area contributed by atoms with Gasteiger partial charge in [-0.2, -0.15) is 4.31 Å². The molecule has 4 rings (SSSR count). The molecule has 1 fully saturated rings. The fourth-order valence-electron chi connectivity index (χ4n) is 3.86. The van der Waals surface area contributed by atoms with Crippen LogP contribution in [0.4, 0.5) is 11.4 Å². The number of hydrogen-bond donors (Lipinski definition) is 1. The largest absolute Gasteiger partial charge is 0.379 e. The molecule has 0 unspecified atom stereocenters. The van der Waals surface area contributed by atoms with Crippen LogP contribution in [0.2, 0.25) is 10.0 Å². The number of nitrogens with zero attached hydrogens (tertiary/aromatic N) is 2. The maximum absolute atomic E-state index is 12.8. The predicted molar refractivity (Wildman–Crippen MR) is 148 cm³/mol. The summed E-state index contributed by atoms with van der Waals surface area (Å²) in [5, 5.41) is 3.39. The molecule has 1 amide bonds. The van der Waals surface area contributed by atoms with Gasteiger partial charge in [-0.3, -0.25) is 9.10 Å². The average molecular weight is 599 g/mol. The van der Waals surface area contributed by atoms with Gasteiger partial charge in [-0.1, -0.05) is 29.3 Å². The van der Waals surface area contributed by atoms with Crippen LogP contribution in [-0.4, -0.2) is 59.6 Å². The molecule has 9 nitrogen and oxygen atoms in total. The molecule has 13 heteroatoms. The molecule has 38 heavy (non-hydrogen) atoms. The molecule has 0 aromatic heterocycles. The van der Waals surface area contributed by atoms with E-state index in [0.29, 0.717) is 53.3 Å². The second kappa shape index (κ2) is 11.6. The highest BCUT2D eigenvalue weighted by molar-refractivity contribution is 7.92. The quantitative estimate of drug-likeness (QED) is 0.415. The van der Waals surface area contributed by atoms with Crippen molar-refractivity contribution < 1.29 is 26.4 Å². The first-order chi connectivity index (χ1) is 18.0. The summed E-state index contributed by atoms with van der Waals surface area (Å²) >= 11 is 12.5. The van der Waals surface area contributed by atoms with Crippen molar-refractivity contribution in [1.29, 1.82) is 0 Å². The fourth-order valence-corrected chi connectivity index (χ4v) is 6.65. The monoisotopic (exact) mass is 597 g/mol. The topological polar surface area (TPSA) is 113 Å². The summed E-state index contributed by atoms with van der Waals surface area (Å²) < 4.78 is 58.3. The molecule has 0 saturated carbocycles. The smallest absolute Gasteiger partial charge is 0.255 e. The lowest BCUT2D eigenvalue weighted by atomic mass is 10.1. The number of hydrogen-bond acceptors (Lipinski definition) is 6. The van der Waals surface area contributed by atoms with E-state index in [1.165, 1.54) is 52.8 Å². The van der Waals surface area contributed by atoms with Crippen LogP contribution < -0.4 is 9.62 Å². The Kier molecular flexibility index (Phi) is 8.65. The molecule has 1 saturated heterocycles. The van der Waals surface area contributed by atoms with Gasteiger partial charge in [0, 0.05) is 39.9 Å². The van der Waals surface area contributed by atoms with Crippen LogP contribution in [0.25, 0.3) is 0 Å². The maximum atomic E-state index is 12.8. The van der Waals surface area contributed by atoms with E-state index in [0.717, 1.165) is 10.6 Å². The van der Waals surface area contributed by atoms with Crippen molar-refractivity contribution in [2.45, 2.75) is 11.4 Å². The maximum Gasteiger partial charge on any atom is 0.255 e. The Hall–Kier alpha value is -2.67. The first-order valence-corrected chi connectivity index (χ1v) is 15.5. The lowest BCUT2D eigenvalue weighted by molar-refractivity contribution is 0.0730. The summed E-state index contributed by atoms with van der Waals surface area (Å²) in [6.07, 6.45) is 1.07. The lowest BCUT2D eigenvalue weighted by Gasteiger charge is -2.26. The lowest BCUT2D eigenvalue weighted by Crippen LogP contribution is -2.40. The van der Waals surface area contributed by atoms with Gasteiger partial charge in [0.1, 0.15) is 0 Å². The number of carbonyl (C=O) groups is 1. The summed E-state index contributed by atoms with van der Waals surface area (Å²) in [6, 6.07) is 16.8. The van der Waals surface area contributed by atoms with Crippen molar-refractivity contribution >= 4 is 60.5 Å². The van der Waals surface area contributed by atoms with E-state index >= 15 is 0 Å². The minimum atomic E-state index is -3.70. The van der Waals surface area contributed by atoms with Gasteiger partial charge in [0.05, 0.1) is 36.6 Å². The van der Waals surface area contributed by atoms with E-state index < -0.39 is 26.0 Å². The van der Waals surface area contributed by atoms with Crippen LogP contribution in [0.1, 0.15) is 15.9 Å². The standard InChI is InChI=1S/C25H25Cl2N3O6S2/c1-37(32,33)30(17-22-23(26)3-2-4-24(22)27)20-9-5-18(6-10-20)25(31)28-19-7-11-21(12-8-19)38(34,35)29-13-15-36-16-14-29/h2-12H,13-17H2,1H3,(H,28,31). The molecule has 1 aliphatic rings. The Balaban J connectivity index is 1.47. The van der Waals surface area contributed by atoms with Gasteiger partial charge >= 0.3 is 0 Å². The minimum absolute atomic E-state index is 0.0808. The van der Waals surface area contributed by atoms with Gasteiger partial charge in [0.25, 0.3) is 5.91 Å². The first-order valence-electron chi connectivity index (χ1n) is 11.5. The van der Waals surface area contributed by atoms with Gasteiger partial charge in [0.2, 0.25) is 20.0 Å². The van der Waals surface area contributed by atoms with E-state index in [9.17, 15) is 21.6 Å². The normalized spacial score (nSPS) is 14.7. The third-order valence-electron chi connectivity index (χ3n) is 5.90. The van der Waals surface area contributed by atoms with Crippen LogP contribution in [0, 0.1) is 0 Å². The van der Waals surface area contributed by atoms with Crippen molar-refractivity contribution in [2.24, 2.45) is 0 Å². The zero-order valence-corrected chi connectivity index (χ0v) is 23.4. The molecule has 0 spiro atoms. The molecule has 0 bridgehead atoms. The van der Waals surface area contributed by atoms with Crippen LogP contribution in [0.3, 0.4) is 0 Å². The highest BCUT2D eigenvalue weighted by Crippen LogP contribution is 2.29. The number of halogens is 2. The van der Waals surface area contributed by atoms with Gasteiger partial charge < -0.3 is 10.1 Å². The summed E-state index contributed by atoms with van der Waals surface area (Å²) in [7, 11) is -7.34. The highest BCUT2D eigenvalue weighted by Gasteiger charge is 2.26. The molecule has 1 aliphatic heterocycles. The summed E-state index contributed by atoms with van der Waals surface area (Å²) in [5.74, 6) is -0.444. The second-order valence-corrected chi connectivity index (χ2v) is 13.2. The Morgan fingerprint density at radius 3 is 2.05 bits per heavy atom. The Labute approximate surface area is 232 Å². The number of benzene rings is 3. The van der Waals surface area contributed by atoms with Crippen LogP contribution >= 0.6 is 23.2 Å². The number of rotatable bonds is 8. The van der Waals surface area contributed by atoms with Crippen molar-refractivity contribution in [2.75, 3.05) is 42.2 Å². The van der Waals surface area contributed by atoms with Gasteiger partial charge in [-0.25, -0.2) is 16.8 Å². The summed E-state index contributed by atoms with van der Waals surface area (Å²) in [4.78, 5) is 12.9. The predicted octanol–water partition coefficient (Wildman–Crippen LogP) is 4.23. The number of amides is 1. The molecule has 202 valence electrons. The van der Waals surface area contributed by atoms with Crippen molar-refractivity contribution in [1.82, 2.24) is 4.31 Å². The number of nitrogens with one attached hydrogen (secondary N) is 1. The average Bonchev–Trinajstić information content (AvgIpc) is 2.89. The number of ether oxygens (including phenoxy) is 1. The molecule has 0 atom stereocenters. The van der Waals surface area contributed by atoms with Crippen LogP contribution in [0.15, 0.2) is 71.6 Å². The zero-order valence-electron chi connectivity index (χ0n) is 20.3. The minimum Gasteiger partial charge on any atom is -0.379 e. The number of morpholine rings is 1. The fraction of sp³-hybridized carbons (Fsp3) is 0.240. The van der Waals surface area contributed by atoms with Crippen LogP contribution in [0.5, 0.6) is 0 Å². The molecule has 0 radical (unpaired) electrons. The number of carbonyl (C=O) groups excluding carboxylic acids is 1.